The van der Waals surface area contributed by atoms with Crippen LogP contribution in [0, 0.1) is 0 Å². The van der Waals surface area contributed by atoms with Gasteiger partial charge in [0.05, 0.1) is 42.0 Å². The van der Waals surface area contributed by atoms with E-state index in [0.29, 0.717) is 34.5 Å². The summed E-state index contributed by atoms with van der Waals surface area (Å²) in [4.78, 5) is 17.8. The number of carbonyl (C=O) groups excluding carboxylic acids is 1. The van der Waals surface area contributed by atoms with Gasteiger partial charge in [0.2, 0.25) is 5.75 Å². The highest BCUT2D eigenvalue weighted by Crippen LogP contribution is 2.54. The van der Waals surface area contributed by atoms with Crippen molar-refractivity contribution in [3.05, 3.63) is 64.7 Å². The fourth-order valence-electron chi connectivity index (χ4n) is 6.10. The highest BCUT2D eigenvalue weighted by Gasteiger charge is 2.38. The standard InChI is InChI=1S/C35H46N2O7/c1-10-37(11-2)17-16-25(23-18-29(41-7)34(43-9)30(19-23)42-8)32-27(39-5)21-28(40-6)33-26(20-31(38)44-35(32)33)22-12-14-24(15-13-22)36(3)4/h12-15,18-19,21,25-26H,10-11,16-17,20H2,1-9H3/t25-,26-/m1/s1. The molecular formula is C35H46N2O7. The Morgan fingerprint density at radius 3 is 1.91 bits per heavy atom. The van der Waals surface area contributed by atoms with Crippen molar-refractivity contribution in [2.24, 2.45) is 0 Å². The van der Waals surface area contributed by atoms with Crippen molar-refractivity contribution in [2.75, 3.05) is 74.2 Å². The normalized spacial score (nSPS) is 14.9. The van der Waals surface area contributed by atoms with Crippen molar-refractivity contribution in [3.63, 3.8) is 0 Å². The van der Waals surface area contributed by atoms with E-state index in [4.69, 9.17) is 28.4 Å². The molecule has 0 radical (unpaired) electrons. The third-order valence-electron chi connectivity index (χ3n) is 8.54. The van der Waals surface area contributed by atoms with Crippen molar-refractivity contribution in [1.82, 2.24) is 4.90 Å². The Bertz CT molecular complexity index is 1410. The molecule has 4 rings (SSSR count). The monoisotopic (exact) mass is 606 g/mol. The van der Waals surface area contributed by atoms with Gasteiger partial charge in [0, 0.05) is 48.8 Å². The van der Waals surface area contributed by atoms with E-state index in [1.165, 1.54) is 0 Å². The first-order valence-corrected chi connectivity index (χ1v) is 15.0. The summed E-state index contributed by atoms with van der Waals surface area (Å²) < 4.78 is 35.2. The van der Waals surface area contributed by atoms with Crippen LogP contribution in [0.3, 0.4) is 0 Å². The molecule has 1 aliphatic rings. The zero-order chi connectivity index (χ0) is 32.0. The minimum atomic E-state index is -0.303. The van der Waals surface area contributed by atoms with Gasteiger partial charge in [0.15, 0.2) is 11.5 Å². The Hall–Kier alpha value is -4.11. The van der Waals surface area contributed by atoms with Crippen LogP contribution in [-0.2, 0) is 4.79 Å². The predicted molar refractivity (Wildman–Crippen MR) is 173 cm³/mol. The molecule has 3 aromatic carbocycles. The summed E-state index contributed by atoms with van der Waals surface area (Å²) in [5.74, 6) is 2.47. The third kappa shape index (κ3) is 6.53. The molecular weight excluding hydrogens is 560 g/mol. The molecule has 238 valence electrons. The zero-order valence-electron chi connectivity index (χ0n) is 27.5. The Kier molecular flexibility index (Phi) is 10.9. The Morgan fingerprint density at radius 2 is 1.41 bits per heavy atom. The molecule has 2 atom stereocenters. The summed E-state index contributed by atoms with van der Waals surface area (Å²) >= 11 is 0. The molecule has 1 aliphatic heterocycles. The molecule has 0 amide bonds. The number of hydrogen-bond acceptors (Lipinski definition) is 9. The summed E-state index contributed by atoms with van der Waals surface area (Å²) in [6.07, 6.45) is 0.917. The second-order valence-electron chi connectivity index (χ2n) is 11.0. The maximum Gasteiger partial charge on any atom is 0.312 e. The molecule has 0 aromatic heterocycles. The smallest absolute Gasteiger partial charge is 0.312 e. The quantitative estimate of drug-likeness (QED) is 0.160. The fourth-order valence-corrected chi connectivity index (χ4v) is 6.10. The molecule has 9 heteroatoms. The molecule has 0 N–H and O–H groups in total. The Labute approximate surface area is 261 Å². The number of fused-ring (bicyclic) bond motifs is 1. The second-order valence-corrected chi connectivity index (χ2v) is 11.0. The van der Waals surface area contributed by atoms with Crippen molar-refractivity contribution in [2.45, 2.75) is 38.5 Å². The van der Waals surface area contributed by atoms with Gasteiger partial charge in [-0.3, -0.25) is 4.79 Å². The molecule has 0 fully saturated rings. The summed E-state index contributed by atoms with van der Waals surface area (Å²) in [5.41, 5.74) is 4.63. The summed E-state index contributed by atoms with van der Waals surface area (Å²) in [7, 11) is 12.1. The van der Waals surface area contributed by atoms with Crippen LogP contribution in [0.5, 0.6) is 34.5 Å². The van der Waals surface area contributed by atoms with Crippen LogP contribution >= 0.6 is 0 Å². The maximum absolute atomic E-state index is 13.4. The topological polar surface area (TPSA) is 78.9 Å². The number of rotatable bonds is 14. The van der Waals surface area contributed by atoms with E-state index < -0.39 is 0 Å². The van der Waals surface area contributed by atoms with Crippen LogP contribution in [0.1, 0.15) is 60.8 Å². The van der Waals surface area contributed by atoms with Crippen LogP contribution < -0.4 is 33.3 Å². The van der Waals surface area contributed by atoms with Gasteiger partial charge in [-0.05, 0) is 61.4 Å². The fraction of sp³-hybridized carbons (Fsp3) is 0.457. The van der Waals surface area contributed by atoms with E-state index in [2.05, 4.69) is 43.0 Å². The molecule has 0 saturated carbocycles. The van der Waals surface area contributed by atoms with Crippen molar-refractivity contribution < 1.29 is 33.2 Å². The number of nitrogens with zero attached hydrogens (tertiary/aromatic N) is 2. The van der Waals surface area contributed by atoms with Crippen LogP contribution in [0.25, 0.3) is 0 Å². The van der Waals surface area contributed by atoms with Gasteiger partial charge in [-0.15, -0.1) is 0 Å². The van der Waals surface area contributed by atoms with E-state index in [9.17, 15) is 4.79 Å². The minimum absolute atomic E-state index is 0.199. The van der Waals surface area contributed by atoms with Gasteiger partial charge in [-0.2, -0.15) is 0 Å². The predicted octanol–water partition coefficient (Wildman–Crippen LogP) is 6.10. The molecule has 0 unspecified atom stereocenters. The molecule has 0 spiro atoms. The Balaban J connectivity index is 2.00. The highest BCUT2D eigenvalue weighted by atomic mass is 16.5. The van der Waals surface area contributed by atoms with Crippen LogP contribution in [0.15, 0.2) is 42.5 Å². The molecule has 44 heavy (non-hydrogen) atoms. The summed E-state index contributed by atoms with van der Waals surface area (Å²) in [6, 6.07) is 14.1. The van der Waals surface area contributed by atoms with Gasteiger partial charge in [0.1, 0.15) is 17.2 Å². The van der Waals surface area contributed by atoms with E-state index in [1.54, 1.807) is 35.5 Å². The number of anilines is 1. The van der Waals surface area contributed by atoms with E-state index in [1.807, 2.05) is 37.2 Å². The lowest BCUT2D eigenvalue weighted by Gasteiger charge is -2.33. The van der Waals surface area contributed by atoms with Crippen molar-refractivity contribution in [3.8, 4) is 34.5 Å². The first-order valence-electron chi connectivity index (χ1n) is 15.0. The maximum atomic E-state index is 13.4. The first kappa shape index (κ1) is 32.8. The van der Waals surface area contributed by atoms with E-state index in [0.717, 1.165) is 54.0 Å². The molecule has 1 heterocycles. The second kappa shape index (κ2) is 14.6. The summed E-state index contributed by atoms with van der Waals surface area (Å²) in [6.45, 7) is 6.94. The lowest BCUT2D eigenvalue weighted by molar-refractivity contribution is -0.135. The number of ether oxygens (including phenoxy) is 6. The molecule has 3 aromatic rings. The van der Waals surface area contributed by atoms with Gasteiger partial charge in [-0.1, -0.05) is 26.0 Å². The summed E-state index contributed by atoms with van der Waals surface area (Å²) in [5, 5.41) is 0. The van der Waals surface area contributed by atoms with Crippen molar-refractivity contribution in [1.29, 1.82) is 0 Å². The lowest BCUT2D eigenvalue weighted by Crippen LogP contribution is -2.27. The minimum Gasteiger partial charge on any atom is -0.496 e. The number of esters is 1. The van der Waals surface area contributed by atoms with E-state index >= 15 is 0 Å². The largest absolute Gasteiger partial charge is 0.496 e. The zero-order valence-corrected chi connectivity index (χ0v) is 27.5. The van der Waals surface area contributed by atoms with Gasteiger partial charge < -0.3 is 38.2 Å². The van der Waals surface area contributed by atoms with Crippen LogP contribution in [0.4, 0.5) is 5.69 Å². The number of carbonyl (C=O) groups is 1. The van der Waals surface area contributed by atoms with Crippen molar-refractivity contribution >= 4 is 11.7 Å². The highest BCUT2D eigenvalue weighted by molar-refractivity contribution is 5.81. The average Bonchev–Trinajstić information content (AvgIpc) is 3.05. The molecule has 0 aliphatic carbocycles. The average molecular weight is 607 g/mol. The van der Waals surface area contributed by atoms with Gasteiger partial charge in [0.25, 0.3) is 0 Å². The van der Waals surface area contributed by atoms with E-state index in [-0.39, 0.29) is 24.2 Å². The van der Waals surface area contributed by atoms with Crippen LogP contribution in [-0.4, -0.2) is 80.1 Å². The number of methoxy groups -OCH3 is 5. The number of benzene rings is 3. The molecule has 0 saturated heterocycles. The molecule has 0 bridgehead atoms. The van der Waals surface area contributed by atoms with Gasteiger partial charge in [-0.25, -0.2) is 0 Å². The lowest BCUT2D eigenvalue weighted by atomic mass is 9.80. The number of hydrogen-bond donors (Lipinski definition) is 0. The SMILES string of the molecule is CCN(CC)CC[C@H](c1cc(OC)c(OC)c(OC)c1)c1c(OC)cc(OC)c2c1OC(=O)C[C@@H]2c1ccc(N(C)C)cc1. The van der Waals surface area contributed by atoms with Gasteiger partial charge >= 0.3 is 5.97 Å². The Morgan fingerprint density at radius 1 is 0.818 bits per heavy atom. The third-order valence-corrected chi connectivity index (χ3v) is 8.54. The molecule has 9 nitrogen and oxygen atoms in total. The first-order chi connectivity index (χ1) is 21.2. The van der Waals surface area contributed by atoms with Crippen LogP contribution in [0.2, 0.25) is 0 Å².